The first-order valence-electron chi connectivity index (χ1n) is 14.8. The van der Waals surface area contributed by atoms with Crippen LogP contribution in [-0.4, -0.2) is 109 Å². The summed E-state index contributed by atoms with van der Waals surface area (Å²) in [4.78, 5) is 36.3. The zero-order valence-corrected chi connectivity index (χ0v) is 26.0. The number of carbonyl (C=O) groups excluding carboxylic acids is 2. The van der Waals surface area contributed by atoms with E-state index < -0.39 is 5.60 Å². The SMILES string of the molecule is CO.Cc1c(C=O)cc(O)cc1OCCCCOCCN(CC1CCN(C(=O)OC(C)(C)C)CC1)C1CCC1.O=CO. The van der Waals surface area contributed by atoms with E-state index >= 15 is 0 Å². The van der Waals surface area contributed by atoms with Gasteiger partial charge in [-0.1, -0.05) is 6.42 Å². The molecule has 0 radical (unpaired) electrons. The second-order valence-electron chi connectivity index (χ2n) is 11.5. The van der Waals surface area contributed by atoms with E-state index in [0.717, 1.165) is 77.4 Å². The van der Waals surface area contributed by atoms with E-state index in [0.29, 0.717) is 36.5 Å². The minimum atomic E-state index is -0.450. The normalized spacial score (nSPS) is 15.5. The molecule has 1 heterocycles. The zero-order valence-electron chi connectivity index (χ0n) is 26.0. The van der Waals surface area contributed by atoms with Gasteiger partial charge >= 0.3 is 6.09 Å². The van der Waals surface area contributed by atoms with E-state index in [2.05, 4.69) is 4.90 Å². The molecule has 3 rings (SSSR count). The summed E-state index contributed by atoms with van der Waals surface area (Å²) in [6.07, 6.45) is 8.18. The van der Waals surface area contributed by atoms with Crippen LogP contribution in [-0.2, 0) is 14.3 Å². The predicted molar refractivity (Wildman–Crippen MR) is 160 cm³/mol. The number of piperidine rings is 1. The zero-order chi connectivity index (χ0) is 31.5. The molecule has 1 amide bonds. The number of aliphatic hydroxyl groups excluding tert-OH is 1. The van der Waals surface area contributed by atoms with Crippen LogP contribution in [0.1, 0.15) is 81.6 Å². The van der Waals surface area contributed by atoms with Gasteiger partial charge < -0.3 is 34.4 Å². The van der Waals surface area contributed by atoms with E-state index in [9.17, 15) is 14.7 Å². The lowest BCUT2D eigenvalue weighted by molar-refractivity contribution is -0.122. The number of carboxylic acid groups (broad SMARTS) is 1. The highest BCUT2D eigenvalue weighted by Gasteiger charge is 2.30. The monoisotopic (exact) mass is 596 g/mol. The van der Waals surface area contributed by atoms with Crippen LogP contribution >= 0.6 is 0 Å². The van der Waals surface area contributed by atoms with Crippen LogP contribution in [0.4, 0.5) is 4.79 Å². The minimum absolute atomic E-state index is 0.0376. The Balaban J connectivity index is 0.00000165. The number of likely N-dealkylation sites (tertiary alicyclic amines) is 1. The van der Waals surface area contributed by atoms with Crippen molar-refractivity contribution < 1.29 is 43.9 Å². The first-order chi connectivity index (χ1) is 20.1. The molecule has 1 aliphatic heterocycles. The molecule has 0 spiro atoms. The van der Waals surface area contributed by atoms with Crippen LogP contribution in [0.5, 0.6) is 11.5 Å². The lowest BCUT2D eigenvalue weighted by atomic mass is 9.89. The molecule has 1 saturated heterocycles. The van der Waals surface area contributed by atoms with Gasteiger partial charge in [-0.2, -0.15) is 0 Å². The highest BCUT2D eigenvalue weighted by Crippen LogP contribution is 2.29. The molecule has 0 aromatic heterocycles. The largest absolute Gasteiger partial charge is 0.508 e. The molecule has 1 aromatic rings. The Hall–Kier alpha value is -2.89. The lowest BCUT2D eigenvalue weighted by Gasteiger charge is -2.41. The Bertz CT molecular complexity index is 924. The number of phenolic OH excluding ortho intramolecular Hbond substituents is 1. The molecule has 0 unspecified atom stereocenters. The van der Waals surface area contributed by atoms with E-state index in [4.69, 9.17) is 29.2 Å². The fourth-order valence-corrected chi connectivity index (χ4v) is 4.87. The van der Waals surface area contributed by atoms with Gasteiger partial charge in [-0.05, 0) is 78.2 Å². The van der Waals surface area contributed by atoms with Crippen molar-refractivity contribution in [3.8, 4) is 11.5 Å². The summed E-state index contributed by atoms with van der Waals surface area (Å²) in [7, 11) is 1.00. The molecule has 2 aliphatic rings. The van der Waals surface area contributed by atoms with Gasteiger partial charge in [0.2, 0.25) is 0 Å². The number of phenols is 1. The Morgan fingerprint density at radius 2 is 1.67 bits per heavy atom. The van der Waals surface area contributed by atoms with Gasteiger partial charge in [0.25, 0.3) is 6.47 Å². The topological polar surface area (TPSA) is 146 Å². The molecule has 0 atom stereocenters. The third-order valence-corrected chi connectivity index (χ3v) is 7.33. The first-order valence-corrected chi connectivity index (χ1v) is 14.8. The quantitative estimate of drug-likeness (QED) is 0.220. The van der Waals surface area contributed by atoms with Gasteiger partial charge in [-0.25, -0.2) is 4.79 Å². The van der Waals surface area contributed by atoms with Crippen molar-refractivity contribution in [2.45, 2.75) is 84.3 Å². The van der Waals surface area contributed by atoms with Gasteiger partial charge in [0.1, 0.15) is 17.1 Å². The maximum absolute atomic E-state index is 12.3. The van der Waals surface area contributed by atoms with Crippen molar-refractivity contribution in [3.63, 3.8) is 0 Å². The molecule has 42 heavy (non-hydrogen) atoms. The summed E-state index contributed by atoms with van der Waals surface area (Å²) >= 11 is 0. The number of aromatic hydroxyl groups is 1. The number of rotatable bonds is 13. The second kappa shape index (κ2) is 20.1. The molecular formula is C31H52N2O9. The van der Waals surface area contributed by atoms with Crippen molar-refractivity contribution >= 4 is 18.9 Å². The Morgan fingerprint density at radius 1 is 1.05 bits per heavy atom. The molecule has 11 heteroatoms. The minimum Gasteiger partial charge on any atom is -0.508 e. The number of carbonyl (C=O) groups is 3. The van der Waals surface area contributed by atoms with Crippen molar-refractivity contribution in [1.29, 1.82) is 0 Å². The van der Waals surface area contributed by atoms with Crippen molar-refractivity contribution in [1.82, 2.24) is 9.80 Å². The molecule has 1 saturated carbocycles. The Labute approximate surface area is 250 Å². The number of amides is 1. The summed E-state index contributed by atoms with van der Waals surface area (Å²) < 4.78 is 17.2. The summed E-state index contributed by atoms with van der Waals surface area (Å²) in [5.74, 6) is 1.20. The summed E-state index contributed by atoms with van der Waals surface area (Å²) in [5, 5.41) is 23.6. The van der Waals surface area contributed by atoms with E-state index in [-0.39, 0.29) is 18.3 Å². The number of aldehydes is 1. The average molecular weight is 597 g/mol. The third-order valence-electron chi connectivity index (χ3n) is 7.33. The fraction of sp³-hybridized carbons (Fsp3) is 0.710. The van der Waals surface area contributed by atoms with Crippen LogP contribution in [0, 0.1) is 12.8 Å². The van der Waals surface area contributed by atoms with Gasteiger partial charge in [0, 0.05) is 63.1 Å². The lowest BCUT2D eigenvalue weighted by Crippen LogP contribution is -2.47. The highest BCUT2D eigenvalue weighted by atomic mass is 16.6. The summed E-state index contributed by atoms with van der Waals surface area (Å²) in [6, 6.07) is 3.67. The van der Waals surface area contributed by atoms with Crippen molar-refractivity contribution in [3.05, 3.63) is 23.3 Å². The van der Waals surface area contributed by atoms with Crippen molar-refractivity contribution in [2.24, 2.45) is 5.92 Å². The molecular weight excluding hydrogens is 544 g/mol. The molecule has 1 aromatic carbocycles. The molecule has 0 bridgehead atoms. The predicted octanol–water partition coefficient (Wildman–Crippen LogP) is 4.50. The highest BCUT2D eigenvalue weighted by molar-refractivity contribution is 5.79. The molecule has 1 aliphatic carbocycles. The Morgan fingerprint density at radius 3 is 2.21 bits per heavy atom. The molecule has 2 fully saturated rings. The van der Waals surface area contributed by atoms with E-state index in [1.54, 1.807) is 6.07 Å². The van der Waals surface area contributed by atoms with E-state index in [1.807, 2.05) is 32.6 Å². The van der Waals surface area contributed by atoms with Crippen LogP contribution in [0.25, 0.3) is 0 Å². The number of benzene rings is 1. The molecule has 3 N–H and O–H groups in total. The number of ether oxygens (including phenoxy) is 3. The molecule has 240 valence electrons. The standard InChI is InChI=1S/C29H46N2O6.CH2O2.CH4O/c1-22-24(21-32)18-26(33)19-27(22)36-16-6-5-15-35-17-14-31(25-8-7-9-25)20-23-10-12-30(13-11-23)28(34)37-29(2,3)4;2-1-3;1-2/h18-19,21,23,25,33H,5-17,20H2,1-4H3;1H,(H,2,3);2H,1H3. The maximum atomic E-state index is 12.3. The van der Waals surface area contributed by atoms with Crippen LogP contribution in [0.2, 0.25) is 0 Å². The number of aliphatic hydroxyl groups is 1. The van der Waals surface area contributed by atoms with Gasteiger partial charge in [-0.15, -0.1) is 0 Å². The second-order valence-corrected chi connectivity index (χ2v) is 11.5. The number of hydrogen-bond acceptors (Lipinski definition) is 9. The number of unbranched alkanes of at least 4 members (excludes halogenated alkanes) is 1. The van der Waals surface area contributed by atoms with Gasteiger partial charge in [0.15, 0.2) is 6.29 Å². The van der Waals surface area contributed by atoms with Crippen LogP contribution in [0.15, 0.2) is 12.1 Å². The fourth-order valence-electron chi connectivity index (χ4n) is 4.87. The smallest absolute Gasteiger partial charge is 0.410 e. The van der Waals surface area contributed by atoms with Crippen molar-refractivity contribution in [2.75, 3.05) is 53.1 Å². The van der Waals surface area contributed by atoms with E-state index in [1.165, 1.54) is 25.3 Å². The average Bonchev–Trinajstić information content (AvgIpc) is 2.91. The first kappa shape index (κ1) is 37.1. The van der Waals surface area contributed by atoms with Gasteiger partial charge in [-0.3, -0.25) is 14.5 Å². The third kappa shape index (κ3) is 13.8. The summed E-state index contributed by atoms with van der Waals surface area (Å²) in [5.41, 5.74) is 0.743. The summed E-state index contributed by atoms with van der Waals surface area (Å²) in [6.45, 7) is 12.8. The number of hydrogen-bond donors (Lipinski definition) is 3. The molecule has 11 nitrogen and oxygen atoms in total. The number of nitrogens with zero attached hydrogens (tertiary/aromatic N) is 2. The Kier molecular flexibility index (Phi) is 17.8. The van der Waals surface area contributed by atoms with Crippen LogP contribution in [0.3, 0.4) is 0 Å². The van der Waals surface area contributed by atoms with Gasteiger partial charge in [0.05, 0.1) is 13.2 Å². The maximum Gasteiger partial charge on any atom is 0.410 e. The van der Waals surface area contributed by atoms with Crippen LogP contribution < -0.4 is 4.74 Å².